The van der Waals surface area contributed by atoms with Crippen LogP contribution in [0.25, 0.3) is 0 Å². The predicted octanol–water partition coefficient (Wildman–Crippen LogP) is 1.76. The molecular formula is C14H16N4O6. The fourth-order valence-corrected chi connectivity index (χ4v) is 2.26. The number of benzene rings is 1. The predicted molar refractivity (Wildman–Crippen MR) is 83.0 cm³/mol. The fourth-order valence-electron chi connectivity index (χ4n) is 2.26. The van der Waals surface area contributed by atoms with Gasteiger partial charge in [-0.15, -0.1) is 0 Å². The number of rotatable bonds is 7. The third kappa shape index (κ3) is 3.84. The molecule has 1 heterocycles. The van der Waals surface area contributed by atoms with Crippen LogP contribution in [-0.2, 0) is 6.54 Å². The van der Waals surface area contributed by atoms with Crippen LogP contribution < -0.4 is 4.74 Å². The van der Waals surface area contributed by atoms with Crippen molar-refractivity contribution in [3.63, 3.8) is 0 Å². The zero-order valence-corrected chi connectivity index (χ0v) is 13.1. The van der Waals surface area contributed by atoms with Crippen LogP contribution in [0.1, 0.15) is 11.4 Å². The van der Waals surface area contributed by atoms with E-state index in [1.54, 1.807) is 6.92 Å². The molecule has 1 atom stereocenters. The van der Waals surface area contributed by atoms with Crippen molar-refractivity contribution in [2.45, 2.75) is 26.5 Å². The first-order valence-corrected chi connectivity index (χ1v) is 7.03. The van der Waals surface area contributed by atoms with Crippen LogP contribution in [-0.4, -0.2) is 37.4 Å². The Bertz CT molecular complexity index is 773. The van der Waals surface area contributed by atoms with Crippen molar-refractivity contribution in [2.75, 3.05) is 6.61 Å². The van der Waals surface area contributed by atoms with Crippen molar-refractivity contribution in [3.8, 4) is 5.75 Å². The van der Waals surface area contributed by atoms with Crippen molar-refractivity contribution in [1.82, 2.24) is 9.78 Å². The molecule has 0 saturated carbocycles. The topological polar surface area (TPSA) is 134 Å². The first-order chi connectivity index (χ1) is 11.3. The number of aryl methyl sites for hydroxylation is 1. The maximum Gasteiger partial charge on any atom is 0.312 e. The molecule has 1 unspecified atom stereocenters. The molecule has 1 N–H and O–H groups in total. The molecule has 0 aliphatic heterocycles. The van der Waals surface area contributed by atoms with E-state index in [4.69, 9.17) is 4.74 Å². The Balaban J connectivity index is 2.00. The lowest BCUT2D eigenvalue weighted by atomic mass is 10.3. The summed E-state index contributed by atoms with van der Waals surface area (Å²) < 4.78 is 6.67. The summed E-state index contributed by atoms with van der Waals surface area (Å²) in [5.74, 6) is 0.252. The average molecular weight is 336 g/mol. The lowest BCUT2D eigenvalue weighted by Gasteiger charge is -2.13. The van der Waals surface area contributed by atoms with Crippen LogP contribution in [0.3, 0.4) is 0 Å². The molecule has 2 rings (SSSR count). The monoisotopic (exact) mass is 336 g/mol. The van der Waals surface area contributed by atoms with Crippen LogP contribution in [0, 0.1) is 34.1 Å². The average Bonchev–Trinajstić information content (AvgIpc) is 2.79. The Morgan fingerprint density at radius 2 is 2.00 bits per heavy atom. The summed E-state index contributed by atoms with van der Waals surface area (Å²) in [7, 11) is 0. The number of aliphatic hydroxyl groups is 1. The van der Waals surface area contributed by atoms with Crippen molar-refractivity contribution in [1.29, 1.82) is 0 Å². The second-order valence-electron chi connectivity index (χ2n) is 5.18. The third-order valence-electron chi connectivity index (χ3n) is 3.38. The largest absolute Gasteiger partial charge is 0.491 e. The van der Waals surface area contributed by atoms with E-state index < -0.39 is 16.0 Å². The van der Waals surface area contributed by atoms with Crippen LogP contribution >= 0.6 is 0 Å². The number of hydrogen-bond donors (Lipinski definition) is 1. The Labute approximate surface area is 136 Å². The molecule has 0 saturated heterocycles. The highest BCUT2D eigenvalue weighted by Gasteiger charge is 2.23. The maximum absolute atomic E-state index is 10.9. The lowest BCUT2D eigenvalue weighted by Crippen LogP contribution is -2.24. The molecule has 10 heteroatoms. The molecule has 2 aromatic rings. The Morgan fingerprint density at radius 1 is 1.29 bits per heavy atom. The van der Waals surface area contributed by atoms with Crippen molar-refractivity contribution >= 4 is 11.4 Å². The number of ether oxygens (including phenoxy) is 1. The van der Waals surface area contributed by atoms with E-state index in [-0.39, 0.29) is 36.0 Å². The van der Waals surface area contributed by atoms with Gasteiger partial charge in [-0.1, -0.05) is 6.07 Å². The van der Waals surface area contributed by atoms with Gasteiger partial charge in [-0.25, -0.2) is 0 Å². The number of nitro groups is 2. The van der Waals surface area contributed by atoms with E-state index in [9.17, 15) is 25.3 Å². The van der Waals surface area contributed by atoms with E-state index in [0.29, 0.717) is 5.69 Å². The molecule has 128 valence electrons. The lowest BCUT2D eigenvalue weighted by molar-refractivity contribution is -0.386. The summed E-state index contributed by atoms with van der Waals surface area (Å²) in [5, 5.41) is 35.7. The SMILES string of the molecule is Cc1nn(CC(O)COc2cccc([N+](=O)[O-])c2)c(C)c1[N+](=O)[O-]. The first kappa shape index (κ1) is 17.3. The van der Waals surface area contributed by atoms with E-state index in [2.05, 4.69) is 5.10 Å². The van der Waals surface area contributed by atoms with Gasteiger partial charge in [0.2, 0.25) is 0 Å². The van der Waals surface area contributed by atoms with Crippen LogP contribution in [0.15, 0.2) is 24.3 Å². The van der Waals surface area contributed by atoms with Crippen LogP contribution in [0.4, 0.5) is 11.4 Å². The minimum Gasteiger partial charge on any atom is -0.491 e. The Morgan fingerprint density at radius 3 is 2.58 bits per heavy atom. The third-order valence-corrected chi connectivity index (χ3v) is 3.38. The van der Waals surface area contributed by atoms with Gasteiger partial charge in [-0.3, -0.25) is 24.9 Å². The zero-order chi connectivity index (χ0) is 17.9. The van der Waals surface area contributed by atoms with Gasteiger partial charge >= 0.3 is 5.69 Å². The van der Waals surface area contributed by atoms with Gasteiger partial charge in [-0.2, -0.15) is 5.10 Å². The standard InChI is InChI=1S/C14H16N4O6/c1-9-14(18(22)23)10(2)16(15-9)7-12(19)8-24-13-5-3-4-11(6-13)17(20)21/h3-6,12,19H,7-8H2,1-2H3. The second kappa shape index (κ2) is 7.04. The maximum atomic E-state index is 10.9. The second-order valence-corrected chi connectivity index (χ2v) is 5.18. The van der Waals surface area contributed by atoms with E-state index >= 15 is 0 Å². The summed E-state index contributed by atoms with van der Waals surface area (Å²) in [6.45, 7) is 2.95. The van der Waals surface area contributed by atoms with Gasteiger partial charge in [0.25, 0.3) is 5.69 Å². The van der Waals surface area contributed by atoms with Gasteiger partial charge in [0.15, 0.2) is 0 Å². The van der Waals surface area contributed by atoms with Gasteiger partial charge in [0.05, 0.1) is 22.5 Å². The molecule has 10 nitrogen and oxygen atoms in total. The Kier molecular flexibility index (Phi) is 5.09. The molecule has 0 bridgehead atoms. The summed E-state index contributed by atoms with van der Waals surface area (Å²) in [5.41, 5.74) is 0.411. The molecule has 0 aliphatic carbocycles. The number of nitro benzene ring substituents is 1. The molecule has 0 fully saturated rings. The summed E-state index contributed by atoms with van der Waals surface area (Å²) in [6, 6.07) is 5.59. The molecule has 0 aliphatic rings. The number of aromatic nitrogens is 2. The van der Waals surface area contributed by atoms with Crippen molar-refractivity contribution in [2.24, 2.45) is 0 Å². The highest BCUT2D eigenvalue weighted by atomic mass is 16.6. The number of aliphatic hydroxyl groups excluding tert-OH is 1. The molecule has 1 aromatic carbocycles. The molecule has 0 spiro atoms. The van der Waals surface area contributed by atoms with Crippen molar-refractivity contribution in [3.05, 3.63) is 55.9 Å². The molecule has 0 amide bonds. The fraction of sp³-hybridized carbons (Fsp3) is 0.357. The van der Waals surface area contributed by atoms with Crippen LogP contribution in [0.5, 0.6) is 5.75 Å². The zero-order valence-electron chi connectivity index (χ0n) is 13.1. The normalized spacial score (nSPS) is 12.0. The van der Waals surface area contributed by atoms with E-state index in [1.165, 1.54) is 35.9 Å². The number of hydrogen-bond acceptors (Lipinski definition) is 7. The molecule has 0 radical (unpaired) electrons. The number of nitrogens with zero attached hydrogens (tertiary/aromatic N) is 4. The van der Waals surface area contributed by atoms with E-state index in [1.807, 2.05) is 0 Å². The summed E-state index contributed by atoms with van der Waals surface area (Å²) in [4.78, 5) is 20.6. The molecule has 1 aromatic heterocycles. The molecular weight excluding hydrogens is 320 g/mol. The highest BCUT2D eigenvalue weighted by Crippen LogP contribution is 2.22. The van der Waals surface area contributed by atoms with Crippen molar-refractivity contribution < 1.29 is 19.7 Å². The first-order valence-electron chi connectivity index (χ1n) is 7.03. The highest BCUT2D eigenvalue weighted by molar-refractivity contribution is 5.39. The minimum absolute atomic E-state index is 0.00937. The number of non-ortho nitro benzene ring substituents is 1. The smallest absolute Gasteiger partial charge is 0.312 e. The van der Waals surface area contributed by atoms with Gasteiger partial charge in [-0.05, 0) is 19.9 Å². The van der Waals surface area contributed by atoms with Gasteiger partial charge in [0.1, 0.15) is 29.8 Å². The van der Waals surface area contributed by atoms with Gasteiger partial charge in [0, 0.05) is 6.07 Å². The minimum atomic E-state index is -0.984. The van der Waals surface area contributed by atoms with Crippen LogP contribution in [0.2, 0.25) is 0 Å². The van der Waals surface area contributed by atoms with Gasteiger partial charge < -0.3 is 9.84 Å². The Hall–Kier alpha value is -3.01. The summed E-state index contributed by atoms with van der Waals surface area (Å²) >= 11 is 0. The summed E-state index contributed by atoms with van der Waals surface area (Å²) in [6.07, 6.45) is -0.984. The van der Waals surface area contributed by atoms with E-state index in [0.717, 1.165) is 0 Å². The quantitative estimate of drug-likeness (QED) is 0.601. The molecule has 24 heavy (non-hydrogen) atoms.